The fourth-order valence-electron chi connectivity index (χ4n) is 3.73. The number of carbonyl (C=O) groups excluding carboxylic acids is 1. The molecule has 0 fully saturated rings. The zero-order valence-corrected chi connectivity index (χ0v) is 19.5. The second-order valence-electron chi connectivity index (χ2n) is 8.23. The van der Waals surface area contributed by atoms with E-state index in [1.165, 1.54) is 4.52 Å². The van der Waals surface area contributed by atoms with Crippen LogP contribution in [0.3, 0.4) is 0 Å². The van der Waals surface area contributed by atoms with Crippen LogP contribution in [-0.4, -0.2) is 58.7 Å². The van der Waals surface area contributed by atoms with Crippen molar-refractivity contribution >= 4 is 22.3 Å². The number of benzene rings is 1. The number of ether oxygens (including phenoxy) is 1. The van der Waals surface area contributed by atoms with Gasteiger partial charge in [0.1, 0.15) is 13.2 Å². The third-order valence-corrected chi connectivity index (χ3v) is 5.57. The van der Waals surface area contributed by atoms with Crippen molar-refractivity contribution in [3.63, 3.8) is 0 Å². The standard InChI is InChI=1S/C24H23N7O5/c1-13(10-32)25-23(34)17-8-7-15(26-14(17)2)12-35-24-19-6-4-3-5-18(19)21-27-28-22(31(21)29-24)20-9-16(11-33)36-30-20/h3-9,13,32-33H,10-12H2,1-2H3,(H,25,34). The number of fused-ring (bicyclic) bond motifs is 3. The lowest BCUT2D eigenvalue weighted by Gasteiger charge is -2.13. The van der Waals surface area contributed by atoms with E-state index in [0.29, 0.717) is 45.8 Å². The minimum Gasteiger partial charge on any atom is -0.470 e. The number of aryl methyl sites for hydroxylation is 1. The van der Waals surface area contributed by atoms with E-state index in [4.69, 9.17) is 14.4 Å². The first kappa shape index (κ1) is 23.3. The Hall–Kier alpha value is -4.42. The largest absolute Gasteiger partial charge is 0.470 e. The van der Waals surface area contributed by atoms with Gasteiger partial charge in [-0.2, -0.15) is 4.52 Å². The highest BCUT2D eigenvalue weighted by Gasteiger charge is 2.19. The van der Waals surface area contributed by atoms with Gasteiger partial charge in [0.2, 0.25) is 11.7 Å². The quantitative estimate of drug-likeness (QED) is 0.293. The Bertz CT molecular complexity index is 1560. The first-order chi connectivity index (χ1) is 17.5. The van der Waals surface area contributed by atoms with Gasteiger partial charge in [0.25, 0.3) is 5.91 Å². The lowest BCUT2D eigenvalue weighted by molar-refractivity contribution is 0.0921. The van der Waals surface area contributed by atoms with Crippen molar-refractivity contribution in [1.82, 2.24) is 35.3 Å². The summed E-state index contributed by atoms with van der Waals surface area (Å²) in [5.41, 5.74) is 2.47. The molecule has 0 radical (unpaired) electrons. The number of nitrogens with one attached hydrogen (secondary N) is 1. The summed E-state index contributed by atoms with van der Waals surface area (Å²) in [6.45, 7) is 3.12. The van der Waals surface area contributed by atoms with Gasteiger partial charge in [-0.3, -0.25) is 9.78 Å². The number of hydrogen-bond donors (Lipinski definition) is 3. The highest BCUT2D eigenvalue weighted by atomic mass is 16.5. The smallest absolute Gasteiger partial charge is 0.253 e. The first-order valence-electron chi connectivity index (χ1n) is 11.2. The van der Waals surface area contributed by atoms with E-state index < -0.39 is 0 Å². The Morgan fingerprint density at radius 3 is 2.69 bits per heavy atom. The van der Waals surface area contributed by atoms with Gasteiger partial charge in [-0.05, 0) is 32.0 Å². The number of rotatable bonds is 8. The van der Waals surface area contributed by atoms with Crippen molar-refractivity contribution < 1.29 is 24.3 Å². The molecule has 4 aromatic heterocycles. The minimum absolute atomic E-state index is 0.106. The van der Waals surface area contributed by atoms with Gasteiger partial charge >= 0.3 is 0 Å². The number of aliphatic hydroxyl groups excluding tert-OH is 2. The van der Waals surface area contributed by atoms with Gasteiger partial charge in [-0.25, -0.2) is 0 Å². The molecular weight excluding hydrogens is 466 g/mol. The van der Waals surface area contributed by atoms with Gasteiger partial charge in [-0.1, -0.05) is 23.4 Å². The lowest BCUT2D eigenvalue weighted by Crippen LogP contribution is -2.35. The molecule has 0 spiro atoms. The molecule has 1 amide bonds. The Kier molecular flexibility index (Phi) is 6.27. The molecule has 0 saturated heterocycles. The molecule has 36 heavy (non-hydrogen) atoms. The van der Waals surface area contributed by atoms with Crippen molar-refractivity contribution in [3.8, 4) is 17.4 Å². The zero-order chi connectivity index (χ0) is 25.2. The van der Waals surface area contributed by atoms with Crippen LogP contribution >= 0.6 is 0 Å². The average Bonchev–Trinajstić information content (AvgIpc) is 3.54. The summed E-state index contributed by atoms with van der Waals surface area (Å²) >= 11 is 0. The number of carbonyl (C=O) groups is 1. The Morgan fingerprint density at radius 2 is 1.97 bits per heavy atom. The lowest BCUT2D eigenvalue weighted by atomic mass is 10.1. The van der Waals surface area contributed by atoms with Crippen LogP contribution in [0.4, 0.5) is 0 Å². The molecule has 1 unspecified atom stereocenters. The van der Waals surface area contributed by atoms with Gasteiger partial charge in [-0.15, -0.1) is 15.3 Å². The molecule has 4 heterocycles. The third kappa shape index (κ3) is 4.34. The monoisotopic (exact) mass is 489 g/mol. The summed E-state index contributed by atoms with van der Waals surface area (Å²) in [4.78, 5) is 16.9. The Balaban J connectivity index is 1.46. The topological polar surface area (TPSA) is 161 Å². The fraction of sp³-hybridized carbons (Fsp3) is 0.250. The molecular formula is C24H23N7O5. The Labute approximate surface area is 204 Å². The van der Waals surface area contributed by atoms with Crippen molar-refractivity contribution in [1.29, 1.82) is 0 Å². The van der Waals surface area contributed by atoms with Crippen molar-refractivity contribution in [2.24, 2.45) is 0 Å². The number of aliphatic hydroxyl groups is 2. The highest BCUT2D eigenvalue weighted by molar-refractivity contribution is 5.97. The molecule has 0 aliphatic heterocycles. The summed E-state index contributed by atoms with van der Waals surface area (Å²) in [6, 6.07) is 12.1. The van der Waals surface area contributed by atoms with Gasteiger partial charge in [0, 0.05) is 22.9 Å². The molecule has 12 heteroatoms. The summed E-state index contributed by atoms with van der Waals surface area (Å²) < 4.78 is 12.7. The molecule has 0 saturated carbocycles. The molecule has 3 N–H and O–H groups in total. The fourth-order valence-corrected chi connectivity index (χ4v) is 3.73. The van der Waals surface area contributed by atoms with E-state index in [1.54, 1.807) is 32.0 Å². The van der Waals surface area contributed by atoms with Crippen LogP contribution in [-0.2, 0) is 13.2 Å². The highest BCUT2D eigenvalue weighted by Crippen LogP contribution is 2.29. The predicted molar refractivity (Wildman–Crippen MR) is 127 cm³/mol. The Morgan fingerprint density at radius 1 is 1.17 bits per heavy atom. The van der Waals surface area contributed by atoms with Crippen LogP contribution in [0.1, 0.15) is 34.4 Å². The molecule has 5 aromatic rings. The summed E-state index contributed by atoms with van der Waals surface area (Å²) in [5.74, 6) is 0.668. The van der Waals surface area contributed by atoms with Crippen LogP contribution in [0.25, 0.3) is 27.9 Å². The normalized spacial score (nSPS) is 12.2. The van der Waals surface area contributed by atoms with Crippen molar-refractivity contribution in [2.75, 3.05) is 6.61 Å². The van der Waals surface area contributed by atoms with Crippen molar-refractivity contribution in [3.05, 3.63) is 65.2 Å². The molecule has 0 aliphatic carbocycles. The summed E-state index contributed by atoms with van der Waals surface area (Å²) in [7, 11) is 0. The van der Waals surface area contributed by atoms with Crippen LogP contribution < -0.4 is 10.1 Å². The maximum absolute atomic E-state index is 12.4. The van der Waals surface area contributed by atoms with E-state index in [-0.39, 0.29) is 31.8 Å². The average molecular weight is 489 g/mol. The molecule has 5 rings (SSSR count). The molecule has 184 valence electrons. The second kappa shape index (κ2) is 9.68. The summed E-state index contributed by atoms with van der Waals surface area (Å²) in [6.07, 6.45) is 0. The van der Waals surface area contributed by atoms with Gasteiger partial charge in [0.05, 0.1) is 23.6 Å². The minimum atomic E-state index is -0.357. The van der Waals surface area contributed by atoms with E-state index in [1.807, 2.05) is 24.3 Å². The van der Waals surface area contributed by atoms with Crippen LogP contribution in [0.2, 0.25) is 0 Å². The maximum atomic E-state index is 12.4. The second-order valence-corrected chi connectivity index (χ2v) is 8.23. The SMILES string of the molecule is Cc1nc(COc2nn3c(-c4cc(CO)on4)nnc3c3ccccc23)ccc1C(=O)NC(C)CO. The van der Waals surface area contributed by atoms with Gasteiger partial charge < -0.3 is 24.8 Å². The predicted octanol–water partition coefficient (Wildman–Crippen LogP) is 1.82. The molecule has 1 atom stereocenters. The number of aromatic nitrogens is 6. The van der Waals surface area contributed by atoms with Crippen molar-refractivity contribution in [2.45, 2.75) is 33.1 Å². The molecule has 1 aromatic carbocycles. The van der Waals surface area contributed by atoms with E-state index >= 15 is 0 Å². The van der Waals surface area contributed by atoms with E-state index in [0.717, 1.165) is 10.8 Å². The first-order valence-corrected chi connectivity index (χ1v) is 11.2. The number of nitrogens with zero attached hydrogens (tertiary/aromatic N) is 6. The molecule has 0 aliphatic rings. The van der Waals surface area contributed by atoms with E-state index in [9.17, 15) is 9.90 Å². The van der Waals surface area contributed by atoms with Gasteiger partial charge in [0.15, 0.2) is 17.1 Å². The summed E-state index contributed by atoms with van der Waals surface area (Å²) in [5, 5.41) is 39.7. The van der Waals surface area contributed by atoms with E-state index in [2.05, 4.69) is 30.8 Å². The maximum Gasteiger partial charge on any atom is 0.253 e. The van der Waals surface area contributed by atoms with Crippen LogP contribution in [0.5, 0.6) is 5.88 Å². The molecule has 12 nitrogen and oxygen atoms in total. The van der Waals surface area contributed by atoms with Crippen LogP contribution in [0.15, 0.2) is 47.0 Å². The zero-order valence-electron chi connectivity index (χ0n) is 19.5. The number of amides is 1. The third-order valence-electron chi connectivity index (χ3n) is 5.57. The number of hydrogen-bond acceptors (Lipinski definition) is 10. The molecule has 0 bridgehead atoms. The van der Waals surface area contributed by atoms with Crippen LogP contribution in [0, 0.1) is 6.92 Å². The number of pyridine rings is 1.